The summed E-state index contributed by atoms with van der Waals surface area (Å²) in [7, 11) is 1.59. The van der Waals surface area contributed by atoms with E-state index in [0.29, 0.717) is 0 Å². The maximum Gasteiger partial charge on any atom is 0.330 e. The lowest BCUT2D eigenvalue weighted by Gasteiger charge is -1.96. The van der Waals surface area contributed by atoms with Gasteiger partial charge in [0.2, 0.25) is 0 Å². The molecule has 0 amide bonds. The average molecular weight is 240 g/mol. The highest BCUT2D eigenvalue weighted by Gasteiger charge is 1.90. The van der Waals surface area contributed by atoms with Gasteiger partial charge in [0.25, 0.3) is 0 Å². The standard InChI is InChI=1S/C7H8O2.C5H8O3/c1-9-7-4-2-6(8)3-5-7;1-2-5(7)8-4-3-6/h2-5,8H,1H3;2,6H,1,3-4H2. The summed E-state index contributed by atoms with van der Waals surface area (Å²) in [4.78, 5) is 10.1. The zero-order valence-electron chi connectivity index (χ0n) is 9.63. The van der Waals surface area contributed by atoms with Gasteiger partial charge >= 0.3 is 5.97 Å². The zero-order valence-corrected chi connectivity index (χ0v) is 9.63. The van der Waals surface area contributed by atoms with Crippen LogP contribution in [0, 0.1) is 0 Å². The van der Waals surface area contributed by atoms with Crippen molar-refractivity contribution in [1.82, 2.24) is 0 Å². The number of aliphatic hydroxyl groups excluding tert-OH is 1. The molecule has 5 heteroatoms. The van der Waals surface area contributed by atoms with Crippen molar-refractivity contribution in [2.45, 2.75) is 0 Å². The molecule has 0 aliphatic heterocycles. The van der Waals surface area contributed by atoms with Gasteiger partial charge in [-0.15, -0.1) is 0 Å². The van der Waals surface area contributed by atoms with Gasteiger partial charge in [0.05, 0.1) is 13.7 Å². The SMILES string of the molecule is C=CC(=O)OCCO.COc1ccc(O)cc1. The summed E-state index contributed by atoms with van der Waals surface area (Å²) in [6.45, 7) is 3.06. The van der Waals surface area contributed by atoms with E-state index in [-0.39, 0.29) is 19.0 Å². The quantitative estimate of drug-likeness (QED) is 0.609. The van der Waals surface area contributed by atoms with Gasteiger partial charge in [-0.2, -0.15) is 0 Å². The van der Waals surface area contributed by atoms with Crippen molar-refractivity contribution in [3.63, 3.8) is 0 Å². The third-order valence-electron chi connectivity index (χ3n) is 1.57. The molecule has 0 atom stereocenters. The lowest BCUT2D eigenvalue weighted by molar-refractivity contribution is -0.138. The lowest BCUT2D eigenvalue weighted by atomic mass is 10.3. The van der Waals surface area contributed by atoms with E-state index in [2.05, 4.69) is 11.3 Å². The van der Waals surface area contributed by atoms with Crippen LogP contribution in [0.1, 0.15) is 0 Å². The second-order valence-corrected chi connectivity index (χ2v) is 2.79. The molecule has 1 aromatic carbocycles. The molecule has 0 saturated carbocycles. The second kappa shape index (κ2) is 9.23. The van der Waals surface area contributed by atoms with Gasteiger partial charge in [0.1, 0.15) is 18.1 Å². The molecule has 0 aliphatic carbocycles. The predicted octanol–water partition coefficient (Wildman–Crippen LogP) is 1.11. The molecule has 5 nitrogen and oxygen atoms in total. The van der Waals surface area contributed by atoms with Crippen molar-refractivity contribution in [2.24, 2.45) is 0 Å². The summed E-state index contributed by atoms with van der Waals surface area (Å²) >= 11 is 0. The largest absolute Gasteiger partial charge is 0.508 e. The Morgan fingerprint density at radius 3 is 2.41 bits per heavy atom. The second-order valence-electron chi connectivity index (χ2n) is 2.79. The third-order valence-corrected chi connectivity index (χ3v) is 1.57. The predicted molar refractivity (Wildman–Crippen MR) is 62.9 cm³/mol. The van der Waals surface area contributed by atoms with Crippen molar-refractivity contribution < 1.29 is 24.5 Å². The van der Waals surface area contributed by atoms with Crippen LogP contribution in [0.25, 0.3) is 0 Å². The number of phenolic OH excluding ortho intramolecular Hbond substituents is 1. The first-order valence-electron chi connectivity index (χ1n) is 4.87. The van der Waals surface area contributed by atoms with E-state index in [1.54, 1.807) is 31.4 Å². The minimum atomic E-state index is -0.501. The molecular formula is C12H16O5. The Morgan fingerprint density at radius 2 is 2.00 bits per heavy atom. The summed E-state index contributed by atoms with van der Waals surface area (Å²) in [5, 5.41) is 16.9. The maximum atomic E-state index is 10.1. The van der Waals surface area contributed by atoms with Crippen LogP contribution in [0.15, 0.2) is 36.9 Å². The Kier molecular flexibility index (Phi) is 8.14. The first kappa shape index (κ1) is 15.0. The van der Waals surface area contributed by atoms with Gasteiger partial charge in [-0.25, -0.2) is 4.79 Å². The zero-order chi connectivity index (χ0) is 13.1. The molecule has 0 unspecified atom stereocenters. The number of carbonyl (C=O) groups is 1. The number of hydrogen-bond acceptors (Lipinski definition) is 5. The average Bonchev–Trinajstić information content (AvgIpc) is 2.37. The number of benzene rings is 1. The third kappa shape index (κ3) is 7.87. The molecule has 1 aromatic rings. The highest BCUT2D eigenvalue weighted by atomic mass is 16.5. The van der Waals surface area contributed by atoms with E-state index in [4.69, 9.17) is 14.9 Å². The minimum Gasteiger partial charge on any atom is -0.508 e. The number of aliphatic hydroxyl groups is 1. The van der Waals surface area contributed by atoms with Gasteiger partial charge < -0.3 is 19.7 Å². The van der Waals surface area contributed by atoms with E-state index in [1.165, 1.54) is 0 Å². The normalized spacial score (nSPS) is 8.59. The number of phenols is 1. The van der Waals surface area contributed by atoms with Crippen molar-refractivity contribution in [3.8, 4) is 11.5 Å². The van der Waals surface area contributed by atoms with Crippen molar-refractivity contribution in [2.75, 3.05) is 20.3 Å². The molecule has 0 radical (unpaired) electrons. The summed E-state index contributed by atoms with van der Waals surface area (Å²) in [6.07, 6.45) is 1.05. The van der Waals surface area contributed by atoms with Crippen LogP contribution in [-0.2, 0) is 9.53 Å². The molecule has 0 fully saturated rings. The van der Waals surface area contributed by atoms with Crippen LogP contribution in [-0.4, -0.2) is 36.5 Å². The Morgan fingerprint density at radius 1 is 1.41 bits per heavy atom. The first-order chi connectivity index (χ1) is 8.13. The van der Waals surface area contributed by atoms with Gasteiger partial charge in [-0.05, 0) is 24.3 Å². The number of esters is 1. The fourth-order valence-corrected chi connectivity index (χ4v) is 0.787. The van der Waals surface area contributed by atoms with Crippen LogP contribution in [0.5, 0.6) is 11.5 Å². The molecule has 0 aliphatic rings. The van der Waals surface area contributed by atoms with E-state index in [9.17, 15) is 4.79 Å². The van der Waals surface area contributed by atoms with Crippen LogP contribution >= 0.6 is 0 Å². The Bertz CT molecular complexity index is 331. The molecule has 1 rings (SSSR count). The van der Waals surface area contributed by atoms with E-state index < -0.39 is 5.97 Å². The van der Waals surface area contributed by atoms with Crippen molar-refractivity contribution in [3.05, 3.63) is 36.9 Å². The fraction of sp³-hybridized carbons (Fsp3) is 0.250. The van der Waals surface area contributed by atoms with Crippen LogP contribution in [0.3, 0.4) is 0 Å². The molecule has 17 heavy (non-hydrogen) atoms. The molecule has 0 aromatic heterocycles. The van der Waals surface area contributed by atoms with Gasteiger partial charge in [-0.1, -0.05) is 6.58 Å². The van der Waals surface area contributed by atoms with Crippen molar-refractivity contribution >= 4 is 5.97 Å². The highest BCUT2D eigenvalue weighted by Crippen LogP contribution is 2.14. The Balaban J connectivity index is 0.000000304. The molecular weight excluding hydrogens is 224 g/mol. The summed E-state index contributed by atoms with van der Waals surface area (Å²) in [6, 6.07) is 6.57. The number of hydrogen-bond donors (Lipinski definition) is 2. The number of carbonyl (C=O) groups excluding carboxylic acids is 1. The Labute approximate surface area is 99.9 Å². The van der Waals surface area contributed by atoms with E-state index in [0.717, 1.165) is 11.8 Å². The van der Waals surface area contributed by atoms with Gasteiger partial charge in [0, 0.05) is 6.08 Å². The summed E-state index contributed by atoms with van der Waals surface area (Å²) < 4.78 is 9.19. The lowest BCUT2D eigenvalue weighted by Crippen LogP contribution is -2.04. The fourth-order valence-electron chi connectivity index (χ4n) is 0.787. The van der Waals surface area contributed by atoms with Gasteiger partial charge in [-0.3, -0.25) is 0 Å². The molecule has 0 saturated heterocycles. The Hall–Kier alpha value is -2.01. The van der Waals surface area contributed by atoms with E-state index >= 15 is 0 Å². The van der Waals surface area contributed by atoms with Crippen molar-refractivity contribution in [1.29, 1.82) is 0 Å². The molecule has 0 spiro atoms. The minimum absolute atomic E-state index is 0.0465. The molecule has 0 heterocycles. The number of methoxy groups -OCH3 is 1. The molecule has 94 valence electrons. The smallest absolute Gasteiger partial charge is 0.330 e. The van der Waals surface area contributed by atoms with Crippen LogP contribution in [0.4, 0.5) is 0 Å². The number of ether oxygens (including phenoxy) is 2. The van der Waals surface area contributed by atoms with E-state index in [1.807, 2.05) is 0 Å². The summed E-state index contributed by atoms with van der Waals surface area (Å²) in [5.74, 6) is 0.516. The maximum absolute atomic E-state index is 10.1. The number of rotatable bonds is 4. The molecule has 0 bridgehead atoms. The van der Waals surface area contributed by atoms with Gasteiger partial charge in [0.15, 0.2) is 0 Å². The van der Waals surface area contributed by atoms with Crippen LogP contribution in [0.2, 0.25) is 0 Å². The first-order valence-corrected chi connectivity index (χ1v) is 4.87. The molecule has 2 N–H and O–H groups in total. The summed E-state index contributed by atoms with van der Waals surface area (Å²) in [5.41, 5.74) is 0. The monoisotopic (exact) mass is 240 g/mol. The van der Waals surface area contributed by atoms with Crippen LogP contribution < -0.4 is 4.74 Å². The topological polar surface area (TPSA) is 76.0 Å². The number of aromatic hydroxyl groups is 1. The highest BCUT2D eigenvalue weighted by molar-refractivity contribution is 5.81.